The summed E-state index contributed by atoms with van der Waals surface area (Å²) in [5.41, 5.74) is 0.330. The van der Waals surface area contributed by atoms with Crippen LogP contribution < -0.4 is 10.9 Å². The first-order valence-electron chi connectivity index (χ1n) is 7.15. The Balaban J connectivity index is 1.84. The summed E-state index contributed by atoms with van der Waals surface area (Å²) in [6, 6.07) is 0. The van der Waals surface area contributed by atoms with Gasteiger partial charge >= 0.3 is 0 Å². The maximum atomic E-state index is 12.0. The van der Waals surface area contributed by atoms with Gasteiger partial charge in [-0.3, -0.25) is 4.79 Å². The summed E-state index contributed by atoms with van der Waals surface area (Å²) in [4.78, 5) is 12.0. The number of nitrogens with zero attached hydrogens (tertiary/aromatic N) is 2. The first-order valence-corrected chi connectivity index (χ1v) is 7.53. The van der Waals surface area contributed by atoms with Gasteiger partial charge < -0.3 is 10.1 Å². The van der Waals surface area contributed by atoms with Crippen LogP contribution in [-0.4, -0.2) is 29.5 Å². The van der Waals surface area contributed by atoms with Gasteiger partial charge in [-0.1, -0.05) is 25.4 Å². The van der Waals surface area contributed by atoms with Crippen LogP contribution >= 0.6 is 11.6 Å². The molecule has 0 unspecified atom stereocenters. The van der Waals surface area contributed by atoms with E-state index in [1.807, 2.05) is 13.8 Å². The molecule has 0 atom stereocenters. The highest BCUT2D eigenvalue weighted by Gasteiger charge is 2.20. The molecule has 0 saturated heterocycles. The van der Waals surface area contributed by atoms with Crippen LogP contribution in [0.25, 0.3) is 0 Å². The van der Waals surface area contributed by atoms with Crippen LogP contribution in [0.15, 0.2) is 11.0 Å². The standard InChI is InChI=1S/C14H22ClN3O2/c1-10(2)8-18-14(19)13(15)12(7-17-18)16-5-6-20-9-11-3-4-11/h7,10-11,16H,3-6,8-9H2,1-2H3. The lowest BCUT2D eigenvalue weighted by molar-refractivity contribution is 0.134. The predicted octanol–water partition coefficient (Wildman–Crippen LogP) is 2.39. The van der Waals surface area contributed by atoms with Gasteiger partial charge in [-0.05, 0) is 24.7 Å². The summed E-state index contributed by atoms with van der Waals surface area (Å²) in [5, 5.41) is 7.43. The largest absolute Gasteiger partial charge is 0.380 e. The van der Waals surface area contributed by atoms with Crippen molar-refractivity contribution in [3.05, 3.63) is 21.6 Å². The van der Waals surface area contributed by atoms with E-state index in [1.54, 1.807) is 6.20 Å². The average Bonchev–Trinajstić information content (AvgIpc) is 3.21. The molecule has 0 aliphatic heterocycles. The Morgan fingerprint density at radius 3 is 2.95 bits per heavy atom. The minimum atomic E-state index is -0.246. The highest BCUT2D eigenvalue weighted by atomic mass is 35.5. The minimum Gasteiger partial charge on any atom is -0.380 e. The van der Waals surface area contributed by atoms with E-state index in [9.17, 15) is 4.79 Å². The summed E-state index contributed by atoms with van der Waals surface area (Å²) in [6.07, 6.45) is 4.18. The van der Waals surface area contributed by atoms with E-state index in [0.29, 0.717) is 31.3 Å². The molecule has 1 aliphatic rings. The van der Waals surface area contributed by atoms with Gasteiger partial charge in [0.1, 0.15) is 5.02 Å². The summed E-state index contributed by atoms with van der Waals surface area (Å²) in [7, 11) is 0. The lowest BCUT2D eigenvalue weighted by atomic mass is 10.2. The van der Waals surface area contributed by atoms with E-state index in [0.717, 1.165) is 12.5 Å². The van der Waals surface area contributed by atoms with Crippen LogP contribution in [0.2, 0.25) is 5.02 Å². The second kappa shape index (κ2) is 7.09. The highest BCUT2D eigenvalue weighted by molar-refractivity contribution is 6.32. The van der Waals surface area contributed by atoms with Crippen molar-refractivity contribution in [1.82, 2.24) is 9.78 Å². The van der Waals surface area contributed by atoms with Crippen molar-refractivity contribution in [2.24, 2.45) is 11.8 Å². The molecule has 1 aromatic heterocycles. The smallest absolute Gasteiger partial charge is 0.287 e. The third kappa shape index (κ3) is 4.49. The van der Waals surface area contributed by atoms with Crippen molar-refractivity contribution in [3.8, 4) is 0 Å². The predicted molar refractivity (Wildman–Crippen MR) is 80.4 cm³/mol. The van der Waals surface area contributed by atoms with Crippen molar-refractivity contribution in [2.75, 3.05) is 25.1 Å². The van der Waals surface area contributed by atoms with Crippen molar-refractivity contribution in [3.63, 3.8) is 0 Å². The molecule has 1 aromatic rings. The van der Waals surface area contributed by atoms with Crippen LogP contribution in [0.4, 0.5) is 5.69 Å². The van der Waals surface area contributed by atoms with Crippen molar-refractivity contribution in [2.45, 2.75) is 33.2 Å². The van der Waals surface area contributed by atoms with Gasteiger partial charge in [-0.15, -0.1) is 0 Å². The zero-order valence-electron chi connectivity index (χ0n) is 12.1. The summed E-state index contributed by atoms with van der Waals surface area (Å²) in [6.45, 7) is 6.72. The van der Waals surface area contributed by atoms with E-state index in [1.165, 1.54) is 17.5 Å². The Kier molecular flexibility index (Phi) is 5.43. The zero-order valence-corrected chi connectivity index (χ0v) is 12.8. The first-order chi connectivity index (χ1) is 9.58. The number of aromatic nitrogens is 2. The average molecular weight is 300 g/mol. The lowest BCUT2D eigenvalue weighted by Gasteiger charge is -2.11. The second-order valence-corrected chi connectivity index (χ2v) is 6.08. The molecule has 20 heavy (non-hydrogen) atoms. The third-order valence-corrected chi connectivity index (χ3v) is 3.50. The van der Waals surface area contributed by atoms with Crippen LogP contribution in [0.3, 0.4) is 0 Å². The fraction of sp³-hybridized carbons (Fsp3) is 0.714. The second-order valence-electron chi connectivity index (χ2n) is 5.70. The van der Waals surface area contributed by atoms with Gasteiger partial charge in [0.2, 0.25) is 0 Å². The molecule has 0 radical (unpaired) electrons. The van der Waals surface area contributed by atoms with E-state index < -0.39 is 0 Å². The minimum absolute atomic E-state index is 0.197. The fourth-order valence-electron chi connectivity index (χ4n) is 1.86. The van der Waals surface area contributed by atoms with E-state index in [2.05, 4.69) is 10.4 Å². The number of rotatable bonds is 8. The van der Waals surface area contributed by atoms with Gasteiger partial charge in [-0.25, -0.2) is 4.68 Å². The van der Waals surface area contributed by atoms with Crippen LogP contribution in [0.1, 0.15) is 26.7 Å². The van der Waals surface area contributed by atoms with E-state index in [-0.39, 0.29) is 10.6 Å². The number of halogens is 1. The molecule has 1 N–H and O–H groups in total. The lowest BCUT2D eigenvalue weighted by Crippen LogP contribution is -2.26. The third-order valence-electron chi connectivity index (χ3n) is 3.14. The monoisotopic (exact) mass is 299 g/mol. The van der Waals surface area contributed by atoms with Crippen molar-refractivity contribution >= 4 is 17.3 Å². The number of hydrogen-bond acceptors (Lipinski definition) is 4. The number of ether oxygens (including phenoxy) is 1. The van der Waals surface area contributed by atoms with Gasteiger partial charge in [0.05, 0.1) is 18.5 Å². The molecule has 6 heteroatoms. The Morgan fingerprint density at radius 1 is 1.55 bits per heavy atom. The van der Waals surface area contributed by atoms with Gasteiger partial charge in [0.25, 0.3) is 5.56 Å². The molecule has 0 aromatic carbocycles. The Hall–Kier alpha value is -1.07. The number of nitrogens with one attached hydrogen (secondary N) is 1. The van der Waals surface area contributed by atoms with Crippen LogP contribution in [-0.2, 0) is 11.3 Å². The Bertz CT molecular complexity index is 498. The SMILES string of the molecule is CC(C)Cn1ncc(NCCOCC2CC2)c(Cl)c1=O. The van der Waals surface area contributed by atoms with Crippen molar-refractivity contribution < 1.29 is 4.74 Å². The quantitative estimate of drug-likeness (QED) is 0.749. The van der Waals surface area contributed by atoms with E-state index in [4.69, 9.17) is 16.3 Å². The molecule has 1 heterocycles. The molecule has 2 rings (SSSR count). The molecule has 112 valence electrons. The van der Waals surface area contributed by atoms with Gasteiger partial charge in [0.15, 0.2) is 0 Å². The van der Waals surface area contributed by atoms with Crippen LogP contribution in [0, 0.1) is 11.8 Å². The molecule has 1 saturated carbocycles. The van der Waals surface area contributed by atoms with Crippen molar-refractivity contribution in [1.29, 1.82) is 0 Å². The topological polar surface area (TPSA) is 56.1 Å². The van der Waals surface area contributed by atoms with Gasteiger partial charge in [-0.2, -0.15) is 5.10 Å². The van der Waals surface area contributed by atoms with E-state index >= 15 is 0 Å². The molecule has 1 aliphatic carbocycles. The maximum Gasteiger partial charge on any atom is 0.287 e. The Labute approximate surface area is 124 Å². The summed E-state index contributed by atoms with van der Waals surface area (Å²) < 4.78 is 6.92. The molecule has 0 amide bonds. The zero-order chi connectivity index (χ0) is 14.5. The highest BCUT2D eigenvalue weighted by Crippen LogP contribution is 2.28. The maximum absolute atomic E-state index is 12.0. The molecular formula is C14H22ClN3O2. The van der Waals surface area contributed by atoms with Crippen LogP contribution in [0.5, 0.6) is 0 Å². The number of anilines is 1. The molecule has 5 nitrogen and oxygen atoms in total. The molecular weight excluding hydrogens is 278 g/mol. The Morgan fingerprint density at radius 2 is 2.30 bits per heavy atom. The normalized spacial score (nSPS) is 14.8. The molecule has 1 fully saturated rings. The molecule has 0 spiro atoms. The number of hydrogen-bond donors (Lipinski definition) is 1. The summed E-state index contributed by atoms with van der Waals surface area (Å²) in [5.74, 6) is 1.12. The van der Waals surface area contributed by atoms with Gasteiger partial charge in [0, 0.05) is 19.7 Å². The first kappa shape index (κ1) is 15.3. The summed E-state index contributed by atoms with van der Waals surface area (Å²) >= 11 is 6.08. The molecule has 0 bridgehead atoms. The fourth-order valence-corrected chi connectivity index (χ4v) is 2.07.